The van der Waals surface area contributed by atoms with Gasteiger partial charge in [0.2, 0.25) is 5.91 Å². The van der Waals surface area contributed by atoms with Crippen LogP contribution in [0.5, 0.6) is 11.5 Å². The van der Waals surface area contributed by atoms with Gasteiger partial charge in [-0.15, -0.1) is 10.2 Å². The largest absolute Gasteiger partial charge is 0.495 e. The standard InChI is InChI=1S/C22H25ClN4O3S/c1-5-27-21(15(3)30-18-9-7-6-8-16(18)23)25-26-22(27)31-13-20(28)24-17-12-14(2)10-11-19(17)29-4/h6-12,15H,5,13H2,1-4H3,(H,24,28)/t15-/m1/s1. The van der Waals surface area contributed by atoms with Gasteiger partial charge in [-0.05, 0) is 50.6 Å². The third-order valence-corrected chi connectivity index (χ3v) is 5.81. The topological polar surface area (TPSA) is 78.3 Å². The summed E-state index contributed by atoms with van der Waals surface area (Å²) in [6, 6.07) is 12.9. The van der Waals surface area contributed by atoms with Crippen molar-refractivity contribution in [2.24, 2.45) is 0 Å². The minimum atomic E-state index is -0.355. The molecule has 1 aromatic heterocycles. The Morgan fingerprint density at radius 3 is 2.71 bits per heavy atom. The number of aryl methyl sites for hydroxylation is 1. The van der Waals surface area contributed by atoms with E-state index in [4.69, 9.17) is 21.1 Å². The van der Waals surface area contributed by atoms with E-state index in [0.717, 1.165) is 5.56 Å². The van der Waals surface area contributed by atoms with Gasteiger partial charge in [0.15, 0.2) is 17.1 Å². The molecule has 0 unspecified atom stereocenters. The van der Waals surface area contributed by atoms with Crippen molar-refractivity contribution in [3.8, 4) is 11.5 Å². The zero-order valence-corrected chi connectivity index (χ0v) is 19.5. The quantitative estimate of drug-likeness (QED) is 0.445. The van der Waals surface area contributed by atoms with E-state index in [9.17, 15) is 4.79 Å². The molecule has 2 aromatic carbocycles. The summed E-state index contributed by atoms with van der Waals surface area (Å²) < 4.78 is 13.2. The lowest BCUT2D eigenvalue weighted by molar-refractivity contribution is -0.113. The first-order valence-corrected chi connectivity index (χ1v) is 11.2. The average molecular weight is 461 g/mol. The fourth-order valence-corrected chi connectivity index (χ4v) is 4.01. The Morgan fingerprint density at radius 2 is 2.00 bits per heavy atom. The summed E-state index contributed by atoms with van der Waals surface area (Å²) in [7, 11) is 1.58. The number of rotatable bonds is 9. The van der Waals surface area contributed by atoms with Gasteiger partial charge in [0.1, 0.15) is 11.5 Å². The molecule has 0 saturated carbocycles. The molecule has 9 heteroatoms. The van der Waals surface area contributed by atoms with Crippen LogP contribution >= 0.6 is 23.4 Å². The van der Waals surface area contributed by atoms with Crippen LogP contribution in [0, 0.1) is 6.92 Å². The summed E-state index contributed by atoms with van der Waals surface area (Å²) in [5, 5.41) is 12.6. The molecule has 0 spiro atoms. The summed E-state index contributed by atoms with van der Waals surface area (Å²) in [4.78, 5) is 12.5. The Hall–Kier alpha value is -2.71. The van der Waals surface area contributed by atoms with Gasteiger partial charge in [0.05, 0.1) is 23.6 Å². The van der Waals surface area contributed by atoms with Gasteiger partial charge in [0, 0.05) is 6.54 Å². The molecule has 164 valence electrons. The monoisotopic (exact) mass is 460 g/mol. The highest BCUT2D eigenvalue weighted by atomic mass is 35.5. The van der Waals surface area contributed by atoms with Crippen molar-refractivity contribution in [3.05, 3.63) is 58.9 Å². The van der Waals surface area contributed by atoms with Crippen molar-refractivity contribution in [3.63, 3.8) is 0 Å². The lowest BCUT2D eigenvalue weighted by Gasteiger charge is -2.16. The van der Waals surface area contributed by atoms with E-state index in [-0.39, 0.29) is 17.8 Å². The van der Waals surface area contributed by atoms with E-state index in [2.05, 4.69) is 15.5 Å². The number of benzene rings is 2. The highest BCUT2D eigenvalue weighted by Crippen LogP contribution is 2.30. The predicted octanol–water partition coefficient (Wildman–Crippen LogP) is 5.14. The molecule has 1 N–H and O–H groups in total. The number of hydrogen-bond donors (Lipinski definition) is 1. The van der Waals surface area contributed by atoms with Crippen molar-refractivity contribution in [2.75, 3.05) is 18.2 Å². The number of anilines is 1. The highest BCUT2D eigenvalue weighted by Gasteiger charge is 2.20. The number of hydrogen-bond acceptors (Lipinski definition) is 6. The van der Waals surface area contributed by atoms with Gasteiger partial charge in [-0.3, -0.25) is 4.79 Å². The number of aromatic nitrogens is 3. The number of amides is 1. The van der Waals surface area contributed by atoms with E-state index < -0.39 is 0 Å². The van der Waals surface area contributed by atoms with Crippen LogP contribution in [-0.2, 0) is 11.3 Å². The van der Waals surface area contributed by atoms with Gasteiger partial charge in [-0.2, -0.15) is 0 Å². The smallest absolute Gasteiger partial charge is 0.234 e. The Balaban J connectivity index is 1.66. The van der Waals surface area contributed by atoms with Crippen molar-refractivity contribution >= 4 is 35.0 Å². The zero-order valence-electron chi connectivity index (χ0n) is 17.9. The normalized spacial score (nSPS) is 11.8. The molecule has 0 aliphatic carbocycles. The summed E-state index contributed by atoms with van der Waals surface area (Å²) in [6.07, 6.45) is -0.355. The van der Waals surface area contributed by atoms with E-state index in [1.165, 1.54) is 11.8 Å². The van der Waals surface area contributed by atoms with Crippen molar-refractivity contribution in [1.82, 2.24) is 14.8 Å². The zero-order chi connectivity index (χ0) is 22.4. The third-order valence-electron chi connectivity index (χ3n) is 4.53. The molecule has 1 atom stereocenters. The molecule has 0 aliphatic rings. The number of carbonyl (C=O) groups is 1. The second-order valence-electron chi connectivity index (χ2n) is 6.82. The maximum absolute atomic E-state index is 12.5. The minimum Gasteiger partial charge on any atom is -0.495 e. The summed E-state index contributed by atoms with van der Waals surface area (Å²) in [5.41, 5.74) is 1.68. The van der Waals surface area contributed by atoms with E-state index in [1.54, 1.807) is 13.2 Å². The summed E-state index contributed by atoms with van der Waals surface area (Å²) in [6.45, 7) is 6.50. The van der Waals surface area contributed by atoms with Gasteiger partial charge in [-0.1, -0.05) is 41.6 Å². The SMILES string of the molecule is CCn1c(SCC(=O)Nc2cc(C)ccc2OC)nnc1[C@@H](C)Oc1ccccc1Cl. The van der Waals surface area contributed by atoms with E-state index in [1.807, 2.05) is 61.7 Å². The maximum atomic E-state index is 12.5. The second-order valence-corrected chi connectivity index (χ2v) is 8.17. The van der Waals surface area contributed by atoms with Gasteiger partial charge in [0.25, 0.3) is 0 Å². The van der Waals surface area contributed by atoms with Crippen LogP contribution in [0.3, 0.4) is 0 Å². The van der Waals surface area contributed by atoms with Crippen LogP contribution in [0.15, 0.2) is 47.6 Å². The minimum absolute atomic E-state index is 0.151. The number of nitrogens with zero attached hydrogens (tertiary/aromatic N) is 3. The molecule has 7 nitrogen and oxygen atoms in total. The number of nitrogens with one attached hydrogen (secondary N) is 1. The molecule has 31 heavy (non-hydrogen) atoms. The molecule has 0 saturated heterocycles. The number of para-hydroxylation sites is 1. The molecular weight excluding hydrogens is 436 g/mol. The van der Waals surface area contributed by atoms with Gasteiger partial charge >= 0.3 is 0 Å². The lowest BCUT2D eigenvalue weighted by Crippen LogP contribution is -2.16. The second kappa shape index (κ2) is 10.5. The van der Waals surface area contributed by atoms with Crippen molar-refractivity contribution < 1.29 is 14.3 Å². The first-order chi connectivity index (χ1) is 14.9. The van der Waals surface area contributed by atoms with Crippen molar-refractivity contribution in [2.45, 2.75) is 38.6 Å². The number of methoxy groups -OCH3 is 1. The Bertz CT molecular complexity index is 1060. The lowest BCUT2D eigenvalue weighted by atomic mass is 10.2. The van der Waals surface area contributed by atoms with Crippen LogP contribution in [0.2, 0.25) is 5.02 Å². The highest BCUT2D eigenvalue weighted by molar-refractivity contribution is 7.99. The average Bonchev–Trinajstić information content (AvgIpc) is 3.17. The molecule has 1 amide bonds. The molecule has 0 radical (unpaired) electrons. The fourth-order valence-electron chi connectivity index (χ4n) is 3.02. The molecule has 3 rings (SSSR count). The number of ether oxygens (including phenoxy) is 2. The van der Waals surface area contributed by atoms with Gasteiger partial charge in [-0.25, -0.2) is 0 Å². The van der Waals surface area contributed by atoms with Crippen LogP contribution < -0.4 is 14.8 Å². The Labute approximate surface area is 191 Å². The number of halogens is 1. The van der Waals surface area contributed by atoms with Crippen LogP contribution in [0.25, 0.3) is 0 Å². The van der Waals surface area contributed by atoms with Crippen molar-refractivity contribution in [1.29, 1.82) is 0 Å². The first kappa shape index (κ1) is 23.0. The van der Waals surface area contributed by atoms with E-state index in [0.29, 0.717) is 39.7 Å². The molecule has 3 aromatic rings. The van der Waals surface area contributed by atoms with Gasteiger partial charge < -0.3 is 19.4 Å². The summed E-state index contributed by atoms with van der Waals surface area (Å²) >= 11 is 7.51. The fraction of sp³-hybridized carbons (Fsp3) is 0.318. The van der Waals surface area contributed by atoms with E-state index >= 15 is 0 Å². The first-order valence-electron chi connectivity index (χ1n) is 9.84. The molecule has 0 aliphatic heterocycles. The molecule has 0 bridgehead atoms. The predicted molar refractivity (Wildman–Crippen MR) is 123 cm³/mol. The van der Waals surface area contributed by atoms with Crippen LogP contribution in [0.4, 0.5) is 5.69 Å². The molecule has 0 fully saturated rings. The number of thioether (sulfide) groups is 1. The number of carbonyl (C=O) groups excluding carboxylic acids is 1. The molecule has 1 heterocycles. The molecular formula is C22H25ClN4O3S. The Morgan fingerprint density at radius 1 is 1.23 bits per heavy atom. The van der Waals surface area contributed by atoms with Crippen LogP contribution in [-0.4, -0.2) is 33.5 Å². The maximum Gasteiger partial charge on any atom is 0.234 e. The Kier molecular flexibility index (Phi) is 7.81. The third kappa shape index (κ3) is 5.71. The summed E-state index contributed by atoms with van der Waals surface area (Å²) in [5.74, 6) is 1.92. The van der Waals surface area contributed by atoms with Crippen LogP contribution in [0.1, 0.15) is 31.3 Å².